The van der Waals surface area contributed by atoms with E-state index in [2.05, 4.69) is 23.5 Å². The molecule has 5 nitrogen and oxygen atoms in total. The van der Waals surface area contributed by atoms with Crippen LogP contribution in [-0.4, -0.2) is 61.5 Å². The van der Waals surface area contributed by atoms with Gasteiger partial charge >= 0.3 is 5.97 Å². The van der Waals surface area contributed by atoms with Crippen molar-refractivity contribution in [3.05, 3.63) is 35.6 Å². The lowest BCUT2D eigenvalue weighted by Crippen LogP contribution is -2.40. The van der Waals surface area contributed by atoms with Gasteiger partial charge in [0.05, 0.1) is 20.0 Å². The standard InChI is InChI=1S/C18H27FN2O3/c1-4-20(5-2)12-13-21(11-10-18(23)24-3)17(22)14-15-6-8-16(19)9-7-15/h6-9H,4-5,10-14H2,1-3H3. The smallest absolute Gasteiger partial charge is 0.307 e. The van der Waals surface area contributed by atoms with E-state index in [9.17, 15) is 14.0 Å². The van der Waals surface area contributed by atoms with Gasteiger partial charge in [-0.3, -0.25) is 9.59 Å². The Morgan fingerprint density at radius 2 is 1.67 bits per heavy atom. The van der Waals surface area contributed by atoms with Gasteiger partial charge in [0.1, 0.15) is 5.82 Å². The summed E-state index contributed by atoms with van der Waals surface area (Å²) in [5.74, 6) is -0.731. The summed E-state index contributed by atoms with van der Waals surface area (Å²) in [6.45, 7) is 7.60. The number of benzene rings is 1. The first kappa shape index (κ1) is 20.1. The first-order chi connectivity index (χ1) is 11.5. The molecule has 0 aliphatic carbocycles. The van der Waals surface area contributed by atoms with Crippen molar-refractivity contribution in [3.8, 4) is 0 Å². The number of amides is 1. The molecule has 6 heteroatoms. The Bertz CT molecular complexity index is 516. The Balaban J connectivity index is 2.68. The van der Waals surface area contributed by atoms with Gasteiger partial charge < -0.3 is 14.5 Å². The molecular weight excluding hydrogens is 311 g/mol. The second-order valence-corrected chi connectivity index (χ2v) is 5.54. The summed E-state index contributed by atoms with van der Waals surface area (Å²) in [5.41, 5.74) is 0.757. The van der Waals surface area contributed by atoms with Gasteiger partial charge in [0.15, 0.2) is 0 Å². The molecule has 0 saturated heterocycles. The van der Waals surface area contributed by atoms with Crippen molar-refractivity contribution in [1.29, 1.82) is 0 Å². The number of rotatable bonds is 10. The first-order valence-electron chi connectivity index (χ1n) is 8.31. The predicted molar refractivity (Wildman–Crippen MR) is 91.1 cm³/mol. The number of methoxy groups -OCH3 is 1. The largest absolute Gasteiger partial charge is 0.469 e. The van der Waals surface area contributed by atoms with Crippen molar-refractivity contribution in [2.45, 2.75) is 26.7 Å². The number of carbonyl (C=O) groups excluding carboxylic acids is 2. The highest BCUT2D eigenvalue weighted by Gasteiger charge is 2.16. The highest BCUT2D eigenvalue weighted by molar-refractivity contribution is 5.79. The number of ether oxygens (including phenoxy) is 1. The number of halogens is 1. The number of nitrogens with zero attached hydrogens (tertiary/aromatic N) is 2. The third-order valence-corrected chi connectivity index (χ3v) is 4.02. The Hall–Kier alpha value is -1.95. The third kappa shape index (κ3) is 7.08. The molecule has 0 atom stereocenters. The molecule has 0 N–H and O–H groups in total. The molecule has 0 fully saturated rings. The van der Waals surface area contributed by atoms with Crippen LogP contribution in [0.25, 0.3) is 0 Å². The molecule has 1 amide bonds. The topological polar surface area (TPSA) is 49.9 Å². The minimum absolute atomic E-state index is 0.0716. The van der Waals surface area contributed by atoms with Crippen LogP contribution in [0.4, 0.5) is 4.39 Å². The van der Waals surface area contributed by atoms with Crippen LogP contribution in [-0.2, 0) is 20.7 Å². The van der Waals surface area contributed by atoms with E-state index in [1.54, 1.807) is 17.0 Å². The van der Waals surface area contributed by atoms with E-state index in [-0.39, 0.29) is 30.5 Å². The molecule has 0 unspecified atom stereocenters. The number of hydrogen-bond donors (Lipinski definition) is 0. The number of carbonyl (C=O) groups is 2. The summed E-state index contributed by atoms with van der Waals surface area (Å²) in [4.78, 5) is 27.8. The molecular formula is C18H27FN2O3. The van der Waals surface area contributed by atoms with Gasteiger partial charge in [-0.15, -0.1) is 0 Å². The molecule has 0 saturated carbocycles. The average molecular weight is 338 g/mol. The maximum Gasteiger partial charge on any atom is 0.307 e. The lowest BCUT2D eigenvalue weighted by molar-refractivity contribution is -0.141. The van der Waals surface area contributed by atoms with Crippen LogP contribution >= 0.6 is 0 Å². The normalized spacial score (nSPS) is 10.7. The molecule has 134 valence electrons. The summed E-state index contributed by atoms with van der Waals surface area (Å²) in [6, 6.07) is 5.90. The zero-order valence-corrected chi connectivity index (χ0v) is 14.8. The van der Waals surface area contributed by atoms with Gasteiger partial charge in [0.25, 0.3) is 0 Å². The summed E-state index contributed by atoms with van der Waals surface area (Å²) < 4.78 is 17.6. The van der Waals surface area contributed by atoms with E-state index in [1.807, 2.05) is 0 Å². The van der Waals surface area contributed by atoms with E-state index in [0.29, 0.717) is 13.1 Å². The van der Waals surface area contributed by atoms with E-state index in [4.69, 9.17) is 0 Å². The van der Waals surface area contributed by atoms with Crippen molar-refractivity contribution >= 4 is 11.9 Å². The fraction of sp³-hybridized carbons (Fsp3) is 0.556. The van der Waals surface area contributed by atoms with E-state index < -0.39 is 0 Å². The third-order valence-electron chi connectivity index (χ3n) is 4.02. The molecule has 0 aliphatic rings. The average Bonchev–Trinajstić information content (AvgIpc) is 2.59. The number of likely N-dealkylation sites (N-methyl/N-ethyl adjacent to an activating group) is 1. The minimum atomic E-state index is -0.336. The maximum absolute atomic E-state index is 13.0. The lowest BCUT2D eigenvalue weighted by atomic mass is 10.1. The molecule has 24 heavy (non-hydrogen) atoms. The van der Waals surface area contributed by atoms with Gasteiger partial charge in [0, 0.05) is 19.6 Å². The summed E-state index contributed by atoms with van der Waals surface area (Å²) >= 11 is 0. The molecule has 0 heterocycles. The van der Waals surface area contributed by atoms with Crippen LogP contribution in [0.2, 0.25) is 0 Å². The zero-order chi connectivity index (χ0) is 17.9. The van der Waals surface area contributed by atoms with Gasteiger partial charge in [-0.2, -0.15) is 0 Å². The minimum Gasteiger partial charge on any atom is -0.469 e. The van der Waals surface area contributed by atoms with Crippen LogP contribution in [0.3, 0.4) is 0 Å². The Kier molecular flexibility index (Phi) is 9.01. The van der Waals surface area contributed by atoms with Crippen LogP contribution in [0.1, 0.15) is 25.8 Å². The summed E-state index contributed by atoms with van der Waals surface area (Å²) in [5, 5.41) is 0. The lowest BCUT2D eigenvalue weighted by Gasteiger charge is -2.26. The highest BCUT2D eigenvalue weighted by atomic mass is 19.1. The van der Waals surface area contributed by atoms with E-state index in [0.717, 1.165) is 25.2 Å². The molecule has 0 bridgehead atoms. The second-order valence-electron chi connectivity index (χ2n) is 5.54. The monoisotopic (exact) mass is 338 g/mol. The highest BCUT2D eigenvalue weighted by Crippen LogP contribution is 2.07. The van der Waals surface area contributed by atoms with Crippen LogP contribution < -0.4 is 0 Å². The van der Waals surface area contributed by atoms with Crippen molar-refractivity contribution in [1.82, 2.24) is 9.80 Å². The number of hydrogen-bond acceptors (Lipinski definition) is 4. The first-order valence-corrected chi connectivity index (χ1v) is 8.31. The van der Waals surface area contributed by atoms with E-state index in [1.165, 1.54) is 19.2 Å². The Labute approximate surface area is 143 Å². The zero-order valence-electron chi connectivity index (χ0n) is 14.8. The molecule has 1 rings (SSSR count). The van der Waals surface area contributed by atoms with Gasteiger partial charge in [-0.1, -0.05) is 26.0 Å². The van der Waals surface area contributed by atoms with Crippen molar-refractivity contribution in [2.75, 3.05) is 39.8 Å². The van der Waals surface area contributed by atoms with Crippen LogP contribution in [0, 0.1) is 5.82 Å². The maximum atomic E-state index is 13.0. The Morgan fingerprint density at radius 1 is 1.04 bits per heavy atom. The van der Waals surface area contributed by atoms with Crippen LogP contribution in [0.5, 0.6) is 0 Å². The van der Waals surface area contributed by atoms with E-state index >= 15 is 0 Å². The molecule has 1 aromatic carbocycles. The van der Waals surface area contributed by atoms with Crippen molar-refractivity contribution in [2.24, 2.45) is 0 Å². The summed E-state index contributed by atoms with van der Waals surface area (Å²) in [6.07, 6.45) is 0.365. The Morgan fingerprint density at radius 3 is 2.21 bits per heavy atom. The van der Waals surface area contributed by atoms with Gasteiger partial charge in [-0.25, -0.2) is 4.39 Å². The molecule has 0 radical (unpaired) electrons. The SMILES string of the molecule is CCN(CC)CCN(CCC(=O)OC)C(=O)Cc1ccc(F)cc1. The molecule has 1 aromatic rings. The predicted octanol–water partition coefficient (Wildman–Crippen LogP) is 2.10. The van der Waals surface area contributed by atoms with Crippen molar-refractivity contribution in [3.63, 3.8) is 0 Å². The molecule has 0 spiro atoms. The van der Waals surface area contributed by atoms with Crippen LogP contribution in [0.15, 0.2) is 24.3 Å². The summed E-state index contributed by atoms with van der Waals surface area (Å²) in [7, 11) is 1.34. The van der Waals surface area contributed by atoms with Gasteiger partial charge in [-0.05, 0) is 30.8 Å². The quantitative estimate of drug-likeness (QED) is 0.613. The molecule has 0 aliphatic heterocycles. The second kappa shape index (κ2) is 10.8. The van der Waals surface area contributed by atoms with Crippen molar-refractivity contribution < 1.29 is 18.7 Å². The fourth-order valence-corrected chi connectivity index (χ4v) is 2.38. The number of esters is 1. The molecule has 0 aromatic heterocycles. The van der Waals surface area contributed by atoms with Gasteiger partial charge in [0.2, 0.25) is 5.91 Å². The fourth-order valence-electron chi connectivity index (χ4n) is 2.38.